The van der Waals surface area contributed by atoms with Crippen molar-refractivity contribution in [1.82, 2.24) is 0 Å². The number of benzene rings is 1. The molecule has 3 aromatic rings. The first-order valence-corrected chi connectivity index (χ1v) is 14.7. The Hall–Kier alpha value is 1.30. The summed E-state index contributed by atoms with van der Waals surface area (Å²) in [7, 11) is 0. The number of rotatable bonds is 0. The molecule has 3 rings (SSSR count). The minimum Gasteiger partial charge on any atom is -1.00 e. The third-order valence-corrected chi connectivity index (χ3v) is 2.73. The van der Waals surface area contributed by atoms with Gasteiger partial charge in [0.1, 0.15) is 0 Å². The van der Waals surface area contributed by atoms with Gasteiger partial charge in [0.25, 0.3) is 0 Å². The van der Waals surface area contributed by atoms with E-state index in [1.54, 1.807) is 0 Å². The van der Waals surface area contributed by atoms with E-state index in [0.717, 1.165) is 0 Å². The Kier molecular flexibility index (Phi) is 32.1. The Balaban J connectivity index is -0.0000000795. The minimum atomic E-state index is 0. The van der Waals surface area contributed by atoms with Gasteiger partial charge in [0.2, 0.25) is 0 Å². The molecule has 0 N–H and O–H groups in total. The molecular formula is C18H22Cl4Hf2Si. The van der Waals surface area contributed by atoms with Crippen LogP contribution >= 0.6 is 0 Å². The monoisotopic (exact) mass is 766 g/mol. The fourth-order valence-electron chi connectivity index (χ4n) is 1.78. The second-order valence-electron chi connectivity index (χ2n) is 5.07. The zero-order chi connectivity index (χ0) is 15.0. The normalized spacial score (nSPS) is 7.44. The summed E-state index contributed by atoms with van der Waals surface area (Å²) in [6.45, 7) is 8.89. The van der Waals surface area contributed by atoms with E-state index in [-0.39, 0.29) is 81.0 Å². The number of hydrogen-bond acceptors (Lipinski definition) is 0. The van der Waals surface area contributed by atoms with Gasteiger partial charge in [-0.3, -0.25) is 0 Å². The van der Waals surface area contributed by atoms with Crippen LogP contribution in [0.3, 0.4) is 0 Å². The second kappa shape index (κ2) is 21.6. The molecule has 0 aliphatic carbocycles. The van der Waals surface area contributed by atoms with Crippen molar-refractivity contribution < 1.29 is 98.5 Å². The number of aryl methyl sites for hydroxylation is 2. The Bertz CT molecular complexity index is 648. The fraction of sp³-hybridized carbons (Fsp3) is 0.222. The molecule has 0 saturated carbocycles. The van der Waals surface area contributed by atoms with Crippen LogP contribution in [-0.4, -0.2) is 5.49 Å². The summed E-state index contributed by atoms with van der Waals surface area (Å²) in [5.41, 5.74) is 2.97. The molecule has 0 atom stereocenters. The predicted octanol–water partition coefficient (Wildman–Crippen LogP) is -6.62. The van der Waals surface area contributed by atoms with E-state index in [1.807, 2.05) is 12.1 Å². The first-order valence-electron chi connectivity index (χ1n) is 6.82. The Morgan fingerprint density at radius 2 is 1.40 bits per heavy atom. The number of hydrogen-bond donors (Lipinski definition) is 0. The largest absolute Gasteiger partial charge is 4.00 e. The third-order valence-electron chi connectivity index (χ3n) is 2.73. The standard InChI is InChI=1S/C10H9.C6H7.C2H6Si.4ClH.2Hf/c1-8-6-7-9-4-2-3-5-10(8)9;1-6-4-2-3-5-6;1-3-2;;;;;;/h2-7H,1H3;2-5H,1H3;1-2H3;4*1H;;/q2*-1;;;;;;+2;+4/p-4. The molecule has 0 spiro atoms. The molecule has 134 valence electrons. The summed E-state index contributed by atoms with van der Waals surface area (Å²) in [4.78, 5) is 0. The van der Waals surface area contributed by atoms with Gasteiger partial charge in [-0.2, -0.15) is 29.8 Å². The first kappa shape index (κ1) is 37.1. The van der Waals surface area contributed by atoms with Crippen molar-refractivity contribution in [3.8, 4) is 0 Å². The van der Waals surface area contributed by atoms with Gasteiger partial charge in [-0.25, -0.2) is 11.6 Å². The van der Waals surface area contributed by atoms with Crippen molar-refractivity contribution in [2.45, 2.75) is 26.9 Å². The maximum atomic E-state index is 2.33. The van der Waals surface area contributed by atoms with Gasteiger partial charge in [0, 0.05) is 0 Å². The van der Waals surface area contributed by atoms with Gasteiger partial charge in [-0.15, -0.1) is 35.0 Å². The van der Waals surface area contributed by atoms with E-state index in [4.69, 9.17) is 0 Å². The summed E-state index contributed by atoms with van der Waals surface area (Å²) in [5.74, 6) is 0. The van der Waals surface area contributed by atoms with Gasteiger partial charge in [-0.1, -0.05) is 19.9 Å². The van der Waals surface area contributed by atoms with Crippen molar-refractivity contribution in [2.24, 2.45) is 0 Å². The predicted molar refractivity (Wildman–Crippen MR) is 88.5 cm³/mol. The van der Waals surface area contributed by atoms with Crippen LogP contribution in [0.15, 0.2) is 60.7 Å². The van der Waals surface area contributed by atoms with Crippen LogP contribution < -0.4 is 49.6 Å². The van der Waals surface area contributed by atoms with Crippen LogP contribution in [0.1, 0.15) is 11.1 Å². The topological polar surface area (TPSA) is 0 Å². The van der Waals surface area contributed by atoms with E-state index < -0.39 is 0 Å². The summed E-state index contributed by atoms with van der Waals surface area (Å²) in [6.07, 6.45) is 0. The Morgan fingerprint density at radius 1 is 0.880 bits per heavy atom. The van der Waals surface area contributed by atoms with Crippen molar-refractivity contribution in [1.29, 1.82) is 0 Å². The van der Waals surface area contributed by atoms with E-state index in [0.29, 0.717) is 0 Å². The molecule has 7 heteroatoms. The maximum absolute atomic E-state index is 2.33. The van der Waals surface area contributed by atoms with Crippen LogP contribution in [0.5, 0.6) is 0 Å². The van der Waals surface area contributed by atoms with Gasteiger partial charge in [0.15, 0.2) is 0 Å². The van der Waals surface area contributed by atoms with E-state index in [2.05, 4.69) is 75.5 Å². The van der Waals surface area contributed by atoms with E-state index in [1.165, 1.54) is 44.9 Å². The van der Waals surface area contributed by atoms with Gasteiger partial charge in [0.05, 0.1) is 0 Å². The molecule has 0 saturated heterocycles. The molecular weight excluding hydrogens is 743 g/mol. The van der Waals surface area contributed by atoms with Crippen LogP contribution in [0, 0.1) is 13.8 Å². The molecule has 0 aromatic heterocycles. The average Bonchev–Trinajstić information content (AvgIpc) is 3.00. The van der Waals surface area contributed by atoms with Crippen molar-refractivity contribution in [3.63, 3.8) is 0 Å². The smallest absolute Gasteiger partial charge is 1.00 e. The Morgan fingerprint density at radius 3 is 1.76 bits per heavy atom. The summed E-state index contributed by atoms with van der Waals surface area (Å²) < 4.78 is 0. The molecule has 0 unspecified atom stereocenters. The Labute approximate surface area is 211 Å². The van der Waals surface area contributed by atoms with E-state index in [9.17, 15) is 0 Å². The summed E-state index contributed by atoms with van der Waals surface area (Å²) >= 11 is 1.45. The quantitative estimate of drug-likeness (QED) is 0.158. The van der Waals surface area contributed by atoms with Crippen LogP contribution in [0.4, 0.5) is 0 Å². The zero-order valence-electron chi connectivity index (χ0n) is 14.8. The number of halogens is 4. The van der Waals surface area contributed by atoms with Gasteiger partial charge < -0.3 is 49.6 Å². The number of fused-ring (bicyclic) bond motifs is 1. The third kappa shape index (κ3) is 17.1. The minimum absolute atomic E-state index is 0. The second-order valence-corrected chi connectivity index (χ2v) is 17.8. The molecule has 0 radical (unpaired) electrons. The van der Waals surface area contributed by atoms with Crippen molar-refractivity contribution >= 4 is 16.3 Å². The van der Waals surface area contributed by atoms with Crippen LogP contribution in [-0.2, 0) is 48.8 Å². The molecule has 0 heterocycles. The van der Waals surface area contributed by atoms with Gasteiger partial charge in [-0.05, 0) is 0 Å². The summed E-state index contributed by atoms with van der Waals surface area (Å²) in [5, 5.41) is 2.72. The average molecular weight is 765 g/mol. The first-order chi connectivity index (χ1) is 9.50. The SMILES string of the molecule is C[Si](C)=[Hf+2].Cc1c[cH-]c2ccccc12.Cc1cc[cH-]c1.[Cl-].[Cl-].[Cl-].[Cl-].[Hf+4]. The molecule has 25 heavy (non-hydrogen) atoms. The van der Waals surface area contributed by atoms with Crippen molar-refractivity contribution in [2.75, 3.05) is 0 Å². The molecule has 0 aliphatic rings. The van der Waals surface area contributed by atoms with E-state index >= 15 is 0 Å². The molecule has 0 fully saturated rings. The molecule has 0 amide bonds. The van der Waals surface area contributed by atoms with Gasteiger partial charge >= 0.3 is 67.4 Å². The molecule has 0 aliphatic heterocycles. The zero-order valence-corrected chi connectivity index (χ0v) is 26.0. The molecule has 0 bridgehead atoms. The van der Waals surface area contributed by atoms with Crippen LogP contribution in [0.25, 0.3) is 10.8 Å². The molecule has 3 aromatic carbocycles. The maximum Gasteiger partial charge on any atom is 4.00 e. The molecule has 0 nitrogen and oxygen atoms in total. The van der Waals surface area contributed by atoms with Crippen LogP contribution in [0.2, 0.25) is 13.1 Å². The van der Waals surface area contributed by atoms with Crippen molar-refractivity contribution in [3.05, 3.63) is 71.8 Å². The summed E-state index contributed by atoms with van der Waals surface area (Å²) in [6, 6.07) is 21.0. The fourth-order valence-corrected chi connectivity index (χ4v) is 1.78.